The summed E-state index contributed by atoms with van der Waals surface area (Å²) in [4.78, 5) is 12.0. The Morgan fingerprint density at radius 1 is 1.55 bits per heavy atom. The van der Waals surface area contributed by atoms with Crippen molar-refractivity contribution < 1.29 is 9.53 Å². The van der Waals surface area contributed by atoms with Crippen LogP contribution in [0.25, 0.3) is 0 Å². The highest BCUT2D eigenvalue weighted by atomic mass is 16.5. The fraction of sp³-hybridized carbons (Fsp3) is 0.750. The second kappa shape index (κ2) is 7.58. The van der Waals surface area contributed by atoms with Crippen molar-refractivity contribution in [3.8, 4) is 0 Å². The lowest BCUT2D eigenvalue weighted by Crippen LogP contribution is -2.20. The number of ether oxygens (including phenoxy) is 1. The molecule has 1 saturated heterocycles. The zero-order valence-electron chi connectivity index (χ0n) is 12.7. The summed E-state index contributed by atoms with van der Waals surface area (Å²) in [6.07, 6.45) is 8.76. The highest BCUT2D eigenvalue weighted by Crippen LogP contribution is 2.17. The predicted octanol–water partition coefficient (Wildman–Crippen LogP) is 3.32. The van der Waals surface area contributed by atoms with Gasteiger partial charge in [0.15, 0.2) is 0 Å². The predicted molar refractivity (Wildman–Crippen MR) is 78.8 cm³/mol. The Labute approximate surface area is 121 Å². The molecule has 20 heavy (non-hydrogen) atoms. The maximum absolute atomic E-state index is 12.0. The zero-order chi connectivity index (χ0) is 14.4. The number of ketones is 1. The molecule has 0 saturated carbocycles. The van der Waals surface area contributed by atoms with Gasteiger partial charge in [-0.05, 0) is 45.1 Å². The van der Waals surface area contributed by atoms with Crippen LogP contribution in [0.2, 0.25) is 0 Å². The summed E-state index contributed by atoms with van der Waals surface area (Å²) in [5.41, 5.74) is 0.889. The average molecular weight is 278 g/mol. The second-order valence-electron chi connectivity index (χ2n) is 5.79. The second-order valence-corrected chi connectivity index (χ2v) is 5.79. The summed E-state index contributed by atoms with van der Waals surface area (Å²) in [5, 5.41) is 4.48. The fourth-order valence-corrected chi connectivity index (χ4v) is 2.55. The van der Waals surface area contributed by atoms with Crippen LogP contribution >= 0.6 is 0 Å². The van der Waals surface area contributed by atoms with Crippen LogP contribution in [-0.4, -0.2) is 28.3 Å². The summed E-state index contributed by atoms with van der Waals surface area (Å²) in [6.45, 7) is 5.14. The van der Waals surface area contributed by atoms with Gasteiger partial charge in [0.1, 0.15) is 5.78 Å². The molecule has 1 aliphatic heterocycles. The molecule has 0 radical (unpaired) electrons. The van der Waals surface area contributed by atoms with E-state index in [1.807, 2.05) is 16.9 Å². The number of Topliss-reactive ketones (excluding diaryl/α,β-unsaturated/α-hetero) is 1. The van der Waals surface area contributed by atoms with Crippen molar-refractivity contribution in [3.05, 3.63) is 18.0 Å². The zero-order valence-corrected chi connectivity index (χ0v) is 12.7. The highest BCUT2D eigenvalue weighted by Gasteiger charge is 2.16. The van der Waals surface area contributed by atoms with Crippen LogP contribution in [0.15, 0.2) is 12.3 Å². The first-order valence-corrected chi connectivity index (χ1v) is 7.86. The molecule has 112 valence electrons. The Morgan fingerprint density at radius 2 is 2.40 bits per heavy atom. The van der Waals surface area contributed by atoms with E-state index in [2.05, 4.69) is 18.9 Å². The van der Waals surface area contributed by atoms with Crippen LogP contribution in [0.4, 0.5) is 0 Å². The fourth-order valence-electron chi connectivity index (χ4n) is 2.55. The van der Waals surface area contributed by atoms with Gasteiger partial charge in [0, 0.05) is 25.3 Å². The molecular formula is C16H26N2O2. The lowest BCUT2D eigenvalue weighted by atomic mass is 10.0. The minimum Gasteiger partial charge on any atom is -0.378 e. The first-order valence-electron chi connectivity index (χ1n) is 7.86. The van der Waals surface area contributed by atoms with E-state index in [-0.39, 0.29) is 5.78 Å². The summed E-state index contributed by atoms with van der Waals surface area (Å²) < 4.78 is 7.61. The van der Waals surface area contributed by atoms with Gasteiger partial charge in [0.25, 0.3) is 0 Å². The Kier molecular flexibility index (Phi) is 5.77. The Morgan fingerprint density at radius 3 is 3.10 bits per heavy atom. The normalized spacial score (nSPS) is 20.8. The number of carbonyl (C=O) groups is 1. The summed E-state index contributed by atoms with van der Waals surface area (Å²) >= 11 is 0. The molecule has 1 aromatic rings. The van der Waals surface area contributed by atoms with E-state index in [9.17, 15) is 4.79 Å². The molecule has 0 aromatic carbocycles. The molecule has 0 bridgehead atoms. The van der Waals surface area contributed by atoms with Crippen LogP contribution in [0.1, 0.15) is 64.1 Å². The maximum Gasteiger partial charge on any atom is 0.139 e. The molecular weight excluding hydrogens is 252 g/mol. The largest absolute Gasteiger partial charge is 0.378 e. The number of nitrogens with zero attached hydrogens (tertiary/aromatic N) is 2. The highest BCUT2D eigenvalue weighted by molar-refractivity contribution is 5.80. The SMILES string of the molecule is CCC(C)n1ccc(CC(=O)CCC2CCCCO2)n1. The van der Waals surface area contributed by atoms with E-state index in [4.69, 9.17) is 4.74 Å². The van der Waals surface area contributed by atoms with Gasteiger partial charge in [-0.3, -0.25) is 9.48 Å². The lowest BCUT2D eigenvalue weighted by molar-refractivity contribution is -0.119. The molecule has 0 amide bonds. The minimum absolute atomic E-state index is 0.272. The molecule has 2 heterocycles. The number of rotatable bonds is 7. The smallest absolute Gasteiger partial charge is 0.139 e. The van der Waals surface area contributed by atoms with Gasteiger partial charge >= 0.3 is 0 Å². The number of hydrogen-bond donors (Lipinski definition) is 0. The molecule has 2 atom stereocenters. The van der Waals surface area contributed by atoms with E-state index < -0.39 is 0 Å². The van der Waals surface area contributed by atoms with Gasteiger partial charge in [-0.15, -0.1) is 0 Å². The van der Waals surface area contributed by atoms with Crippen LogP contribution in [0, 0.1) is 0 Å². The lowest BCUT2D eigenvalue weighted by Gasteiger charge is -2.21. The first-order chi connectivity index (χ1) is 9.69. The van der Waals surface area contributed by atoms with E-state index in [0.717, 1.165) is 38.0 Å². The van der Waals surface area contributed by atoms with Gasteiger partial charge in [0.2, 0.25) is 0 Å². The van der Waals surface area contributed by atoms with E-state index in [1.165, 1.54) is 6.42 Å². The molecule has 0 N–H and O–H groups in total. The molecule has 1 aliphatic rings. The van der Waals surface area contributed by atoms with Crippen LogP contribution in [0.5, 0.6) is 0 Å². The van der Waals surface area contributed by atoms with Gasteiger partial charge in [-0.25, -0.2) is 0 Å². The van der Waals surface area contributed by atoms with Crippen molar-refractivity contribution in [2.75, 3.05) is 6.61 Å². The summed E-state index contributed by atoms with van der Waals surface area (Å²) in [7, 11) is 0. The molecule has 4 nitrogen and oxygen atoms in total. The first kappa shape index (κ1) is 15.2. The number of carbonyl (C=O) groups excluding carboxylic acids is 1. The van der Waals surface area contributed by atoms with Gasteiger partial charge in [-0.2, -0.15) is 5.10 Å². The third-order valence-corrected chi connectivity index (χ3v) is 4.10. The van der Waals surface area contributed by atoms with E-state index >= 15 is 0 Å². The molecule has 0 spiro atoms. The Hall–Kier alpha value is -1.16. The number of hydrogen-bond acceptors (Lipinski definition) is 3. The molecule has 2 unspecified atom stereocenters. The van der Waals surface area contributed by atoms with Crippen LogP contribution < -0.4 is 0 Å². The maximum atomic E-state index is 12.0. The molecule has 4 heteroatoms. The average Bonchev–Trinajstić information content (AvgIpc) is 2.94. The Bertz CT molecular complexity index is 422. The Balaban J connectivity index is 1.74. The van der Waals surface area contributed by atoms with Crippen molar-refractivity contribution >= 4 is 5.78 Å². The van der Waals surface area contributed by atoms with Crippen molar-refractivity contribution in [1.82, 2.24) is 9.78 Å². The standard InChI is InChI=1S/C16H26N2O2/c1-3-13(2)18-10-9-14(17-18)12-15(19)7-8-16-6-4-5-11-20-16/h9-10,13,16H,3-8,11-12H2,1-2H3. The molecule has 1 fully saturated rings. The van der Waals surface area contributed by atoms with Crippen molar-refractivity contribution in [2.24, 2.45) is 0 Å². The van der Waals surface area contributed by atoms with Crippen molar-refractivity contribution in [2.45, 2.75) is 70.9 Å². The van der Waals surface area contributed by atoms with Crippen LogP contribution in [0.3, 0.4) is 0 Å². The van der Waals surface area contributed by atoms with Crippen molar-refractivity contribution in [3.63, 3.8) is 0 Å². The third-order valence-electron chi connectivity index (χ3n) is 4.10. The minimum atomic E-state index is 0.272. The number of aromatic nitrogens is 2. The molecule has 0 aliphatic carbocycles. The summed E-state index contributed by atoms with van der Waals surface area (Å²) in [6, 6.07) is 2.36. The van der Waals surface area contributed by atoms with Crippen LogP contribution in [-0.2, 0) is 16.0 Å². The quantitative estimate of drug-likeness (QED) is 0.768. The molecule has 1 aromatic heterocycles. The van der Waals surface area contributed by atoms with Crippen molar-refractivity contribution in [1.29, 1.82) is 0 Å². The third kappa shape index (κ3) is 4.44. The van der Waals surface area contributed by atoms with E-state index in [0.29, 0.717) is 25.0 Å². The van der Waals surface area contributed by atoms with Gasteiger partial charge < -0.3 is 4.74 Å². The molecule has 2 rings (SSSR count). The van der Waals surface area contributed by atoms with Gasteiger partial charge in [-0.1, -0.05) is 6.92 Å². The van der Waals surface area contributed by atoms with E-state index in [1.54, 1.807) is 0 Å². The topological polar surface area (TPSA) is 44.1 Å². The van der Waals surface area contributed by atoms with Gasteiger partial charge in [0.05, 0.1) is 18.2 Å². The summed E-state index contributed by atoms with van der Waals surface area (Å²) in [5.74, 6) is 0.272. The monoisotopic (exact) mass is 278 g/mol.